The van der Waals surface area contributed by atoms with E-state index in [1.54, 1.807) is 0 Å². The number of carbonyl (C=O) groups excluding carboxylic acids is 1. The Hall–Kier alpha value is -1.35. The van der Waals surface area contributed by atoms with E-state index in [1.807, 2.05) is 4.90 Å². The zero-order chi connectivity index (χ0) is 13.1. The maximum absolute atomic E-state index is 12.0. The molecule has 2 aliphatic rings. The van der Waals surface area contributed by atoms with Crippen LogP contribution >= 0.6 is 0 Å². The first-order valence-electron chi connectivity index (χ1n) is 7.40. The molecular formula is C16H22N2O. The molecule has 0 aromatic heterocycles. The van der Waals surface area contributed by atoms with E-state index in [-0.39, 0.29) is 0 Å². The Bertz CT molecular complexity index is 452. The third-order valence-corrected chi connectivity index (χ3v) is 4.31. The zero-order valence-electron chi connectivity index (χ0n) is 11.5. The van der Waals surface area contributed by atoms with E-state index in [0.717, 1.165) is 39.1 Å². The van der Waals surface area contributed by atoms with Crippen molar-refractivity contribution in [3.8, 4) is 0 Å². The fourth-order valence-corrected chi connectivity index (χ4v) is 3.12. The Balaban J connectivity index is 1.50. The first-order chi connectivity index (χ1) is 9.33. The summed E-state index contributed by atoms with van der Waals surface area (Å²) in [6, 6.07) is 8.66. The number of hydrogen-bond donors (Lipinski definition) is 0. The standard InChI is InChI=1S/C16H22N2O/c19-16(18-9-3-4-10-18)8-12-17-11-7-14-5-1-2-6-15(14)13-17/h1-2,5-6H,3-4,7-13H2. The molecule has 0 saturated carbocycles. The van der Waals surface area contributed by atoms with Crippen LogP contribution in [0.3, 0.4) is 0 Å². The SMILES string of the molecule is O=C(CCN1CCc2ccccc2C1)N1CCCC1. The molecule has 3 rings (SSSR count). The minimum absolute atomic E-state index is 0.344. The van der Waals surface area contributed by atoms with Crippen molar-refractivity contribution in [2.45, 2.75) is 32.2 Å². The van der Waals surface area contributed by atoms with E-state index in [1.165, 1.54) is 24.0 Å². The van der Waals surface area contributed by atoms with Gasteiger partial charge in [0.25, 0.3) is 0 Å². The van der Waals surface area contributed by atoms with Crippen molar-refractivity contribution in [3.05, 3.63) is 35.4 Å². The van der Waals surface area contributed by atoms with Crippen molar-refractivity contribution in [3.63, 3.8) is 0 Å². The van der Waals surface area contributed by atoms with Gasteiger partial charge in [-0.15, -0.1) is 0 Å². The molecule has 1 aromatic rings. The van der Waals surface area contributed by atoms with Crippen molar-refractivity contribution < 1.29 is 4.79 Å². The lowest BCUT2D eigenvalue weighted by Crippen LogP contribution is -2.35. The summed E-state index contributed by atoms with van der Waals surface area (Å²) < 4.78 is 0. The van der Waals surface area contributed by atoms with Gasteiger partial charge in [-0.25, -0.2) is 0 Å². The second kappa shape index (κ2) is 5.74. The summed E-state index contributed by atoms with van der Waals surface area (Å²) in [4.78, 5) is 16.5. The molecule has 0 radical (unpaired) electrons. The van der Waals surface area contributed by atoms with Crippen molar-refractivity contribution in [1.29, 1.82) is 0 Å². The largest absolute Gasteiger partial charge is 0.343 e. The summed E-state index contributed by atoms with van der Waals surface area (Å²) in [5.41, 5.74) is 2.91. The molecular weight excluding hydrogens is 236 g/mol. The van der Waals surface area contributed by atoms with Crippen LogP contribution in [0.1, 0.15) is 30.4 Å². The average Bonchev–Trinajstić information content (AvgIpc) is 2.99. The molecule has 1 aromatic carbocycles. The number of carbonyl (C=O) groups is 1. The van der Waals surface area contributed by atoms with Crippen LogP contribution in [0.15, 0.2) is 24.3 Å². The number of fused-ring (bicyclic) bond motifs is 1. The van der Waals surface area contributed by atoms with Crippen LogP contribution in [0.5, 0.6) is 0 Å². The van der Waals surface area contributed by atoms with Crippen molar-refractivity contribution in [1.82, 2.24) is 9.80 Å². The summed E-state index contributed by atoms with van der Waals surface area (Å²) in [7, 11) is 0. The average molecular weight is 258 g/mol. The maximum Gasteiger partial charge on any atom is 0.223 e. The lowest BCUT2D eigenvalue weighted by atomic mass is 10.00. The second-order valence-corrected chi connectivity index (χ2v) is 5.63. The number of benzene rings is 1. The molecule has 3 heteroatoms. The molecule has 0 bridgehead atoms. The van der Waals surface area contributed by atoms with E-state index in [9.17, 15) is 4.79 Å². The zero-order valence-corrected chi connectivity index (χ0v) is 11.5. The van der Waals surface area contributed by atoms with Crippen LogP contribution < -0.4 is 0 Å². The first kappa shape index (κ1) is 12.7. The highest BCUT2D eigenvalue weighted by atomic mass is 16.2. The van der Waals surface area contributed by atoms with Gasteiger partial charge < -0.3 is 4.90 Å². The Kier molecular flexibility index (Phi) is 3.83. The molecule has 0 unspecified atom stereocenters. The van der Waals surface area contributed by atoms with Gasteiger partial charge >= 0.3 is 0 Å². The smallest absolute Gasteiger partial charge is 0.223 e. The molecule has 0 atom stereocenters. The first-order valence-corrected chi connectivity index (χ1v) is 7.40. The molecule has 0 N–H and O–H groups in total. The second-order valence-electron chi connectivity index (χ2n) is 5.63. The Labute approximate surface area is 115 Å². The lowest BCUT2D eigenvalue weighted by molar-refractivity contribution is -0.130. The molecule has 1 saturated heterocycles. The highest BCUT2D eigenvalue weighted by Gasteiger charge is 2.20. The monoisotopic (exact) mass is 258 g/mol. The van der Waals surface area contributed by atoms with E-state index < -0.39 is 0 Å². The summed E-state index contributed by atoms with van der Waals surface area (Å²) in [5.74, 6) is 0.344. The third-order valence-electron chi connectivity index (χ3n) is 4.31. The predicted octanol–water partition coefficient (Wildman–Crippen LogP) is 2.06. The van der Waals surface area contributed by atoms with Crippen molar-refractivity contribution in [2.75, 3.05) is 26.2 Å². The highest BCUT2D eigenvalue weighted by molar-refractivity contribution is 5.76. The molecule has 19 heavy (non-hydrogen) atoms. The normalized spacial score (nSPS) is 19.5. The topological polar surface area (TPSA) is 23.6 Å². The number of amides is 1. The molecule has 0 aliphatic carbocycles. The van der Waals surface area contributed by atoms with Crippen LogP contribution in [-0.4, -0.2) is 41.9 Å². The van der Waals surface area contributed by atoms with Gasteiger partial charge in [-0.3, -0.25) is 9.69 Å². The van der Waals surface area contributed by atoms with Gasteiger partial charge in [-0.05, 0) is 30.4 Å². The van der Waals surface area contributed by atoms with Crippen molar-refractivity contribution in [2.24, 2.45) is 0 Å². The fraction of sp³-hybridized carbons (Fsp3) is 0.562. The summed E-state index contributed by atoms with van der Waals surface area (Å²) >= 11 is 0. The quantitative estimate of drug-likeness (QED) is 0.828. The molecule has 0 spiro atoms. The van der Waals surface area contributed by atoms with Gasteiger partial charge in [0.05, 0.1) is 0 Å². The fourth-order valence-electron chi connectivity index (χ4n) is 3.12. The lowest BCUT2D eigenvalue weighted by Gasteiger charge is -2.29. The highest BCUT2D eigenvalue weighted by Crippen LogP contribution is 2.18. The Morgan fingerprint density at radius 3 is 2.58 bits per heavy atom. The van der Waals surface area contributed by atoms with Gasteiger partial charge in [0.1, 0.15) is 0 Å². The van der Waals surface area contributed by atoms with Crippen LogP contribution in [0.2, 0.25) is 0 Å². The Morgan fingerprint density at radius 2 is 1.79 bits per heavy atom. The van der Waals surface area contributed by atoms with Crippen LogP contribution in [0, 0.1) is 0 Å². The van der Waals surface area contributed by atoms with Crippen LogP contribution in [0.25, 0.3) is 0 Å². The van der Waals surface area contributed by atoms with E-state index >= 15 is 0 Å². The summed E-state index contributed by atoms with van der Waals surface area (Å²) in [6.07, 6.45) is 4.17. The predicted molar refractivity (Wildman–Crippen MR) is 75.9 cm³/mol. The number of rotatable bonds is 3. The van der Waals surface area contributed by atoms with Gasteiger partial charge in [-0.2, -0.15) is 0 Å². The van der Waals surface area contributed by atoms with Gasteiger partial charge in [0, 0.05) is 39.1 Å². The van der Waals surface area contributed by atoms with Gasteiger partial charge in [0.15, 0.2) is 0 Å². The number of likely N-dealkylation sites (tertiary alicyclic amines) is 1. The van der Waals surface area contributed by atoms with Crippen LogP contribution in [0.4, 0.5) is 0 Å². The summed E-state index contributed by atoms with van der Waals surface area (Å²) in [5, 5.41) is 0. The minimum Gasteiger partial charge on any atom is -0.343 e. The number of hydrogen-bond acceptors (Lipinski definition) is 2. The summed E-state index contributed by atoms with van der Waals surface area (Å²) in [6.45, 7) is 4.95. The third kappa shape index (κ3) is 2.98. The molecule has 2 aliphatic heterocycles. The van der Waals surface area contributed by atoms with E-state index in [0.29, 0.717) is 12.3 Å². The molecule has 102 valence electrons. The van der Waals surface area contributed by atoms with Gasteiger partial charge in [-0.1, -0.05) is 24.3 Å². The molecule has 1 amide bonds. The molecule has 2 heterocycles. The van der Waals surface area contributed by atoms with Crippen molar-refractivity contribution >= 4 is 5.91 Å². The maximum atomic E-state index is 12.0. The van der Waals surface area contributed by atoms with E-state index in [4.69, 9.17) is 0 Å². The minimum atomic E-state index is 0.344. The molecule has 1 fully saturated rings. The number of nitrogens with zero attached hydrogens (tertiary/aromatic N) is 2. The Morgan fingerprint density at radius 1 is 1.05 bits per heavy atom. The van der Waals surface area contributed by atoms with E-state index in [2.05, 4.69) is 29.2 Å². The van der Waals surface area contributed by atoms with Crippen LogP contribution in [-0.2, 0) is 17.8 Å². The molecule has 3 nitrogen and oxygen atoms in total. The van der Waals surface area contributed by atoms with Gasteiger partial charge in [0.2, 0.25) is 5.91 Å².